The maximum atomic E-state index is 13.0. The molecule has 0 bridgehead atoms. The normalized spacial score (nSPS) is 11.8. The monoisotopic (exact) mass is 269 g/mol. The first-order valence-electron chi connectivity index (χ1n) is 5.74. The molecule has 102 valence electrons. The van der Waals surface area contributed by atoms with Crippen LogP contribution >= 0.6 is 0 Å². The van der Waals surface area contributed by atoms with Crippen LogP contribution in [0, 0.1) is 13.8 Å². The van der Waals surface area contributed by atoms with Crippen LogP contribution in [0.2, 0.25) is 0 Å². The van der Waals surface area contributed by atoms with Crippen LogP contribution in [0.15, 0.2) is 24.3 Å². The molecule has 0 amide bonds. The standard InChI is InChI=1S/C13H14F3N3/c1-8-5-9(2)19(18-8)7-10-3-4-11(17)6-12(10)13(14,15)16/h3-6H,7,17H2,1-2H3. The molecule has 0 spiro atoms. The first kappa shape index (κ1) is 13.5. The molecule has 6 heteroatoms. The van der Waals surface area contributed by atoms with E-state index in [1.54, 1.807) is 11.6 Å². The highest BCUT2D eigenvalue weighted by atomic mass is 19.4. The van der Waals surface area contributed by atoms with Crippen LogP contribution in [0.4, 0.5) is 18.9 Å². The Balaban J connectivity index is 2.43. The zero-order valence-electron chi connectivity index (χ0n) is 10.6. The van der Waals surface area contributed by atoms with E-state index in [0.29, 0.717) is 0 Å². The van der Waals surface area contributed by atoms with Gasteiger partial charge in [-0.3, -0.25) is 4.68 Å². The van der Waals surface area contributed by atoms with Crippen molar-refractivity contribution in [1.29, 1.82) is 0 Å². The van der Waals surface area contributed by atoms with Gasteiger partial charge in [-0.15, -0.1) is 0 Å². The molecule has 0 aliphatic carbocycles. The fourth-order valence-electron chi connectivity index (χ4n) is 1.99. The number of anilines is 1. The van der Waals surface area contributed by atoms with Crippen molar-refractivity contribution in [3.8, 4) is 0 Å². The summed E-state index contributed by atoms with van der Waals surface area (Å²) in [4.78, 5) is 0. The van der Waals surface area contributed by atoms with Crippen LogP contribution < -0.4 is 5.73 Å². The number of hydrogen-bond acceptors (Lipinski definition) is 2. The van der Waals surface area contributed by atoms with Crippen LogP contribution in [0.5, 0.6) is 0 Å². The van der Waals surface area contributed by atoms with Crippen LogP contribution in [0.1, 0.15) is 22.5 Å². The van der Waals surface area contributed by atoms with Crippen LogP contribution in [0.3, 0.4) is 0 Å². The van der Waals surface area contributed by atoms with Crippen molar-refractivity contribution in [3.05, 3.63) is 46.8 Å². The summed E-state index contributed by atoms with van der Waals surface area (Å²) in [5, 5.41) is 4.17. The molecule has 2 N–H and O–H groups in total. The third-order valence-corrected chi connectivity index (χ3v) is 2.86. The van der Waals surface area contributed by atoms with Crippen LogP contribution in [0.25, 0.3) is 0 Å². The molecule has 0 atom stereocenters. The molecule has 2 rings (SSSR count). The van der Waals surface area contributed by atoms with Gasteiger partial charge in [-0.1, -0.05) is 6.07 Å². The lowest BCUT2D eigenvalue weighted by Gasteiger charge is -2.14. The summed E-state index contributed by atoms with van der Waals surface area (Å²) in [5.41, 5.74) is 6.58. The minimum atomic E-state index is -4.42. The first-order chi connectivity index (χ1) is 8.77. The van der Waals surface area contributed by atoms with Gasteiger partial charge < -0.3 is 5.73 Å². The van der Waals surface area contributed by atoms with Crippen molar-refractivity contribution >= 4 is 5.69 Å². The molecule has 0 fully saturated rings. The molecule has 0 unspecified atom stereocenters. The summed E-state index contributed by atoms with van der Waals surface area (Å²) >= 11 is 0. The molecule has 0 aliphatic heterocycles. The van der Waals surface area contributed by atoms with E-state index in [4.69, 9.17) is 5.73 Å². The van der Waals surface area contributed by atoms with E-state index in [1.165, 1.54) is 12.1 Å². The Morgan fingerprint density at radius 2 is 1.89 bits per heavy atom. The van der Waals surface area contributed by atoms with Gasteiger partial charge in [0.15, 0.2) is 0 Å². The molecule has 0 saturated carbocycles. The average Bonchev–Trinajstić information content (AvgIpc) is 2.58. The van der Waals surface area contributed by atoms with E-state index in [1.807, 2.05) is 13.0 Å². The second-order valence-corrected chi connectivity index (χ2v) is 4.50. The number of nitrogens with zero attached hydrogens (tertiary/aromatic N) is 2. The fraction of sp³-hybridized carbons (Fsp3) is 0.308. The molecule has 0 aliphatic rings. The van der Waals surface area contributed by atoms with Crippen molar-refractivity contribution in [3.63, 3.8) is 0 Å². The van der Waals surface area contributed by atoms with Gasteiger partial charge in [0, 0.05) is 11.4 Å². The predicted octanol–water partition coefficient (Wildman–Crippen LogP) is 3.15. The second kappa shape index (κ2) is 4.60. The zero-order chi connectivity index (χ0) is 14.2. The molecule has 0 radical (unpaired) electrons. The summed E-state index contributed by atoms with van der Waals surface area (Å²) < 4.78 is 40.4. The van der Waals surface area contributed by atoms with Gasteiger partial charge in [0.1, 0.15) is 0 Å². The zero-order valence-corrected chi connectivity index (χ0v) is 10.6. The lowest BCUT2D eigenvalue weighted by molar-refractivity contribution is -0.138. The van der Waals surface area contributed by atoms with Crippen LogP contribution in [-0.2, 0) is 12.7 Å². The van der Waals surface area contributed by atoms with Crippen molar-refractivity contribution < 1.29 is 13.2 Å². The first-order valence-corrected chi connectivity index (χ1v) is 5.74. The predicted molar refractivity (Wildman–Crippen MR) is 66.7 cm³/mol. The van der Waals surface area contributed by atoms with E-state index in [-0.39, 0.29) is 17.8 Å². The molecular formula is C13H14F3N3. The Hall–Kier alpha value is -1.98. The number of aromatic nitrogens is 2. The van der Waals surface area contributed by atoms with Gasteiger partial charge in [0.25, 0.3) is 0 Å². The average molecular weight is 269 g/mol. The van der Waals surface area contributed by atoms with Crippen molar-refractivity contribution in [2.75, 3.05) is 5.73 Å². The quantitative estimate of drug-likeness (QED) is 0.851. The van der Waals surface area contributed by atoms with Crippen LogP contribution in [-0.4, -0.2) is 9.78 Å². The molecule has 19 heavy (non-hydrogen) atoms. The summed E-state index contributed by atoms with van der Waals surface area (Å²) in [7, 11) is 0. The molecule has 1 aromatic heterocycles. The molecule has 0 saturated heterocycles. The van der Waals surface area contributed by atoms with Gasteiger partial charge in [-0.2, -0.15) is 18.3 Å². The number of nitrogen functional groups attached to an aromatic ring is 1. The summed E-state index contributed by atoms with van der Waals surface area (Å²) in [6.45, 7) is 3.69. The molecule has 1 aromatic carbocycles. The lowest BCUT2D eigenvalue weighted by atomic mass is 10.1. The summed E-state index contributed by atoms with van der Waals surface area (Å²) in [5.74, 6) is 0. The largest absolute Gasteiger partial charge is 0.416 e. The Morgan fingerprint density at radius 3 is 2.42 bits per heavy atom. The highest BCUT2D eigenvalue weighted by Crippen LogP contribution is 2.33. The molecule has 2 aromatic rings. The maximum absolute atomic E-state index is 13.0. The summed E-state index contributed by atoms with van der Waals surface area (Å²) in [6.07, 6.45) is -4.42. The molecular weight excluding hydrogens is 255 g/mol. The Bertz CT molecular complexity index is 600. The highest BCUT2D eigenvalue weighted by molar-refractivity contribution is 5.46. The maximum Gasteiger partial charge on any atom is 0.416 e. The number of hydrogen-bond donors (Lipinski definition) is 1. The van der Waals surface area contributed by atoms with Gasteiger partial charge in [-0.05, 0) is 37.6 Å². The van der Waals surface area contributed by atoms with Gasteiger partial charge >= 0.3 is 6.18 Å². The smallest absolute Gasteiger partial charge is 0.399 e. The van der Waals surface area contributed by atoms with Crippen molar-refractivity contribution in [2.24, 2.45) is 0 Å². The number of halogens is 3. The lowest BCUT2D eigenvalue weighted by Crippen LogP contribution is -2.13. The number of alkyl halides is 3. The topological polar surface area (TPSA) is 43.8 Å². The summed E-state index contributed by atoms with van der Waals surface area (Å²) in [6, 6.07) is 5.65. The minimum absolute atomic E-state index is 0.0782. The number of rotatable bonds is 2. The van der Waals surface area contributed by atoms with E-state index < -0.39 is 11.7 Å². The number of benzene rings is 1. The third-order valence-electron chi connectivity index (χ3n) is 2.86. The molecule has 3 nitrogen and oxygen atoms in total. The second-order valence-electron chi connectivity index (χ2n) is 4.50. The Labute approximate surface area is 108 Å². The third kappa shape index (κ3) is 2.89. The van der Waals surface area contributed by atoms with E-state index >= 15 is 0 Å². The van der Waals surface area contributed by atoms with E-state index in [9.17, 15) is 13.2 Å². The highest BCUT2D eigenvalue weighted by Gasteiger charge is 2.33. The number of nitrogens with two attached hydrogens (primary N) is 1. The Morgan fingerprint density at radius 1 is 1.21 bits per heavy atom. The molecule has 1 heterocycles. The van der Waals surface area contributed by atoms with E-state index in [2.05, 4.69) is 5.10 Å². The van der Waals surface area contributed by atoms with Gasteiger partial charge in [0.2, 0.25) is 0 Å². The van der Waals surface area contributed by atoms with Gasteiger partial charge in [0.05, 0.1) is 17.8 Å². The Kier molecular flexibility index (Phi) is 3.26. The van der Waals surface area contributed by atoms with Crippen molar-refractivity contribution in [1.82, 2.24) is 9.78 Å². The number of aryl methyl sites for hydroxylation is 2. The van der Waals surface area contributed by atoms with E-state index in [0.717, 1.165) is 17.5 Å². The van der Waals surface area contributed by atoms with Gasteiger partial charge in [-0.25, -0.2) is 0 Å². The fourth-order valence-corrected chi connectivity index (χ4v) is 1.99. The van der Waals surface area contributed by atoms with Crippen molar-refractivity contribution in [2.45, 2.75) is 26.6 Å². The SMILES string of the molecule is Cc1cc(C)n(Cc2ccc(N)cc2C(F)(F)F)n1. The minimum Gasteiger partial charge on any atom is -0.399 e.